The number of benzene rings is 3. The first kappa shape index (κ1) is 23.4. The van der Waals surface area contributed by atoms with Crippen LogP contribution in [0.5, 0.6) is 0 Å². The minimum atomic E-state index is -0.808. The van der Waals surface area contributed by atoms with Crippen LogP contribution < -0.4 is 10.2 Å². The molecule has 0 atom stereocenters. The van der Waals surface area contributed by atoms with E-state index in [0.717, 1.165) is 10.5 Å². The van der Waals surface area contributed by atoms with Gasteiger partial charge in [0.25, 0.3) is 11.8 Å². The summed E-state index contributed by atoms with van der Waals surface area (Å²) in [6, 6.07) is 17.5. The Hall–Kier alpha value is -4.01. The SMILES string of the molecule is O=C1OC2(CCNCC2)c2ccccc2N1C(=O)c1cn(C(=O)c2ccccc2F)c2cc(Cl)ccc12. The van der Waals surface area contributed by atoms with Crippen molar-refractivity contribution >= 4 is 46.1 Å². The van der Waals surface area contributed by atoms with Gasteiger partial charge in [0.15, 0.2) is 0 Å². The minimum absolute atomic E-state index is 0.0874. The summed E-state index contributed by atoms with van der Waals surface area (Å²) in [5, 5.41) is 4.00. The van der Waals surface area contributed by atoms with Crippen molar-refractivity contribution in [2.24, 2.45) is 0 Å². The number of hydrogen-bond donors (Lipinski definition) is 1. The standard InChI is InChI=1S/C28H21ClFN3O4/c29-17-9-10-18-20(16-32(24(18)15-17)25(34)19-5-1-3-7-22(19)30)26(35)33-23-8-4-2-6-21(23)28(37-27(33)36)11-13-31-14-12-28/h1-10,15-16,31H,11-14H2. The number of nitrogens with zero attached hydrogens (tertiary/aromatic N) is 2. The zero-order valence-electron chi connectivity index (χ0n) is 19.5. The van der Waals surface area contributed by atoms with Gasteiger partial charge >= 0.3 is 6.09 Å². The number of imide groups is 1. The molecule has 3 aromatic carbocycles. The molecule has 2 amide bonds. The molecule has 2 aliphatic rings. The van der Waals surface area contributed by atoms with Gasteiger partial charge in [-0.25, -0.2) is 14.1 Å². The second-order valence-corrected chi connectivity index (χ2v) is 9.57. The van der Waals surface area contributed by atoms with E-state index in [0.29, 0.717) is 47.5 Å². The summed E-state index contributed by atoms with van der Waals surface area (Å²) in [7, 11) is 0. The van der Waals surface area contributed by atoms with Crippen molar-refractivity contribution in [1.82, 2.24) is 9.88 Å². The highest BCUT2D eigenvalue weighted by molar-refractivity contribution is 6.32. The number of anilines is 1. The Morgan fingerprint density at radius 2 is 1.68 bits per heavy atom. The van der Waals surface area contributed by atoms with Crippen molar-refractivity contribution in [1.29, 1.82) is 0 Å². The number of aromatic nitrogens is 1. The maximum Gasteiger partial charge on any atom is 0.422 e. The summed E-state index contributed by atoms with van der Waals surface area (Å²) in [6.45, 7) is 1.37. The molecule has 1 N–H and O–H groups in total. The van der Waals surface area contributed by atoms with Crippen molar-refractivity contribution in [3.05, 3.63) is 100 Å². The summed E-state index contributed by atoms with van der Waals surface area (Å²) in [6.07, 6.45) is 1.73. The van der Waals surface area contributed by atoms with Crippen LogP contribution in [-0.2, 0) is 10.3 Å². The molecule has 1 spiro atoms. The average Bonchev–Trinajstić information content (AvgIpc) is 3.28. The minimum Gasteiger partial charge on any atom is -0.437 e. The topological polar surface area (TPSA) is 80.6 Å². The molecule has 0 bridgehead atoms. The normalized spacial score (nSPS) is 16.5. The zero-order valence-corrected chi connectivity index (χ0v) is 20.3. The quantitative estimate of drug-likeness (QED) is 0.380. The maximum atomic E-state index is 14.5. The molecule has 186 valence electrons. The molecule has 7 nitrogen and oxygen atoms in total. The van der Waals surface area contributed by atoms with Crippen molar-refractivity contribution in [2.45, 2.75) is 18.4 Å². The maximum absolute atomic E-state index is 14.5. The number of para-hydroxylation sites is 1. The van der Waals surface area contributed by atoms with E-state index in [1.165, 1.54) is 35.0 Å². The molecule has 1 saturated heterocycles. The fraction of sp³-hybridized carbons (Fsp3) is 0.179. The Labute approximate surface area is 216 Å². The Morgan fingerprint density at radius 3 is 2.46 bits per heavy atom. The molecule has 0 saturated carbocycles. The lowest BCUT2D eigenvalue weighted by Gasteiger charge is -2.44. The third-order valence-corrected chi connectivity index (χ3v) is 7.27. The zero-order chi connectivity index (χ0) is 25.7. The first-order valence-electron chi connectivity index (χ1n) is 11.9. The van der Waals surface area contributed by atoms with E-state index >= 15 is 0 Å². The molecule has 37 heavy (non-hydrogen) atoms. The van der Waals surface area contributed by atoms with Gasteiger partial charge in [0.2, 0.25) is 0 Å². The fourth-order valence-corrected chi connectivity index (χ4v) is 5.40. The number of hydrogen-bond acceptors (Lipinski definition) is 5. The highest BCUT2D eigenvalue weighted by atomic mass is 35.5. The molecule has 1 fully saturated rings. The number of carbonyl (C=O) groups excluding carboxylic acids is 3. The van der Waals surface area contributed by atoms with Crippen LogP contribution in [0.25, 0.3) is 10.9 Å². The van der Waals surface area contributed by atoms with E-state index in [-0.39, 0.29) is 11.1 Å². The first-order chi connectivity index (χ1) is 17.9. The molecule has 0 radical (unpaired) electrons. The number of amides is 2. The number of halogens is 2. The van der Waals surface area contributed by atoms with Crippen LogP contribution in [0.4, 0.5) is 14.9 Å². The summed E-state index contributed by atoms with van der Waals surface area (Å²) in [4.78, 5) is 41.7. The van der Waals surface area contributed by atoms with Crippen LogP contribution in [0.2, 0.25) is 5.02 Å². The van der Waals surface area contributed by atoms with E-state index in [1.54, 1.807) is 30.3 Å². The monoisotopic (exact) mass is 517 g/mol. The molecule has 3 heterocycles. The molecule has 4 aromatic rings. The van der Waals surface area contributed by atoms with Gasteiger partial charge in [-0.15, -0.1) is 0 Å². The molecular formula is C28H21ClFN3O4. The predicted molar refractivity (Wildman–Crippen MR) is 137 cm³/mol. The van der Waals surface area contributed by atoms with Gasteiger partial charge in [-0.3, -0.25) is 14.2 Å². The summed E-state index contributed by atoms with van der Waals surface area (Å²) in [5.41, 5.74) is 0.647. The molecule has 2 aliphatic heterocycles. The van der Waals surface area contributed by atoms with E-state index in [2.05, 4.69) is 5.32 Å². The molecule has 6 rings (SSSR count). The summed E-state index contributed by atoms with van der Waals surface area (Å²) in [5.74, 6) is -2.02. The number of piperidine rings is 1. The second kappa shape index (κ2) is 8.83. The molecular weight excluding hydrogens is 497 g/mol. The van der Waals surface area contributed by atoms with Gasteiger partial charge in [-0.1, -0.05) is 48.0 Å². The van der Waals surface area contributed by atoms with Gasteiger partial charge < -0.3 is 10.1 Å². The molecule has 1 aromatic heterocycles. The lowest BCUT2D eigenvalue weighted by Crippen LogP contribution is -2.52. The van der Waals surface area contributed by atoms with E-state index in [4.69, 9.17) is 16.3 Å². The van der Waals surface area contributed by atoms with Crippen LogP contribution >= 0.6 is 11.6 Å². The molecule has 9 heteroatoms. The first-order valence-corrected chi connectivity index (χ1v) is 12.2. The highest BCUT2D eigenvalue weighted by Gasteiger charge is 2.47. The van der Waals surface area contributed by atoms with Gasteiger partial charge in [0, 0.05) is 35.0 Å². The van der Waals surface area contributed by atoms with Crippen molar-refractivity contribution < 1.29 is 23.5 Å². The van der Waals surface area contributed by atoms with Gasteiger partial charge in [0.05, 0.1) is 22.3 Å². The van der Waals surface area contributed by atoms with Crippen molar-refractivity contribution in [3.63, 3.8) is 0 Å². The summed E-state index contributed by atoms with van der Waals surface area (Å²) >= 11 is 6.21. The van der Waals surface area contributed by atoms with Gasteiger partial charge in [-0.2, -0.15) is 0 Å². The van der Waals surface area contributed by atoms with Gasteiger partial charge in [-0.05, 0) is 43.4 Å². The van der Waals surface area contributed by atoms with Crippen LogP contribution in [0.1, 0.15) is 39.1 Å². The van der Waals surface area contributed by atoms with Gasteiger partial charge in [0.1, 0.15) is 11.4 Å². The Bertz CT molecular complexity index is 1590. The lowest BCUT2D eigenvalue weighted by atomic mass is 9.82. The fourth-order valence-electron chi connectivity index (χ4n) is 5.24. The van der Waals surface area contributed by atoms with E-state index in [9.17, 15) is 18.8 Å². The third-order valence-electron chi connectivity index (χ3n) is 7.04. The third kappa shape index (κ3) is 3.72. The molecule has 0 aliphatic carbocycles. The van der Waals surface area contributed by atoms with Crippen LogP contribution in [0, 0.1) is 5.82 Å². The number of nitrogens with one attached hydrogen (secondary N) is 1. The van der Waals surface area contributed by atoms with E-state index < -0.39 is 29.3 Å². The molecule has 0 unspecified atom stereocenters. The average molecular weight is 518 g/mol. The Kier molecular flexibility index (Phi) is 5.58. The number of fused-ring (bicyclic) bond motifs is 3. The lowest BCUT2D eigenvalue weighted by molar-refractivity contribution is -0.0170. The largest absolute Gasteiger partial charge is 0.437 e. The predicted octanol–water partition coefficient (Wildman–Crippen LogP) is 5.50. The van der Waals surface area contributed by atoms with Crippen LogP contribution in [0.15, 0.2) is 72.9 Å². The summed E-state index contributed by atoms with van der Waals surface area (Å²) < 4.78 is 21.6. The number of ether oxygens (including phenoxy) is 1. The van der Waals surface area contributed by atoms with Crippen molar-refractivity contribution in [2.75, 3.05) is 18.0 Å². The highest BCUT2D eigenvalue weighted by Crippen LogP contribution is 2.45. The number of carbonyl (C=O) groups is 3. The van der Waals surface area contributed by atoms with E-state index in [1.807, 2.05) is 12.1 Å². The Balaban J connectivity index is 1.49. The smallest absolute Gasteiger partial charge is 0.422 e. The van der Waals surface area contributed by atoms with Crippen molar-refractivity contribution in [3.8, 4) is 0 Å². The Morgan fingerprint density at radius 1 is 0.946 bits per heavy atom. The number of rotatable bonds is 2. The van der Waals surface area contributed by atoms with Crippen LogP contribution in [-0.4, -0.2) is 35.6 Å². The van der Waals surface area contributed by atoms with Crippen LogP contribution in [0.3, 0.4) is 0 Å². The second-order valence-electron chi connectivity index (χ2n) is 9.13.